The van der Waals surface area contributed by atoms with E-state index in [2.05, 4.69) is 5.32 Å². The lowest BCUT2D eigenvalue weighted by Crippen LogP contribution is -2.57. The molecule has 0 aliphatic rings. The van der Waals surface area contributed by atoms with Crippen LogP contribution in [0.2, 0.25) is 0 Å². The molecule has 0 unspecified atom stereocenters. The van der Waals surface area contributed by atoms with Gasteiger partial charge < -0.3 is 20.6 Å². The minimum Gasteiger partial charge on any atom is -0.394 e. The Balaban J connectivity index is 2.94. The van der Waals surface area contributed by atoms with Gasteiger partial charge in [-0.25, -0.2) is 4.39 Å². The molecule has 4 N–H and O–H groups in total. The van der Waals surface area contributed by atoms with Crippen molar-refractivity contribution in [3.63, 3.8) is 0 Å². The van der Waals surface area contributed by atoms with E-state index < -0.39 is 37.1 Å². The number of hydrogen-bond donors (Lipinski definition) is 4. The first-order chi connectivity index (χ1) is 8.48. The fourth-order valence-corrected chi connectivity index (χ4v) is 1.46. The van der Waals surface area contributed by atoms with E-state index in [0.29, 0.717) is 5.56 Å². The Hall–Kier alpha value is -1.50. The van der Waals surface area contributed by atoms with Crippen molar-refractivity contribution < 1.29 is 24.5 Å². The van der Waals surface area contributed by atoms with E-state index in [1.165, 1.54) is 12.1 Å². The molecule has 100 valence electrons. The highest BCUT2D eigenvalue weighted by molar-refractivity contribution is 5.96. The number of rotatable bonds is 5. The van der Waals surface area contributed by atoms with Gasteiger partial charge in [-0.2, -0.15) is 0 Å². The molecule has 0 heterocycles. The SMILES string of the molecule is Cc1cc(F)ccc1C(=O)NC(CO)(CO)CO. The summed E-state index contributed by atoms with van der Waals surface area (Å²) in [6.07, 6.45) is 0. The molecule has 0 atom stereocenters. The molecule has 5 nitrogen and oxygen atoms in total. The number of carbonyl (C=O) groups is 1. The van der Waals surface area contributed by atoms with Crippen LogP contribution in [0.25, 0.3) is 0 Å². The molecule has 0 fully saturated rings. The maximum atomic E-state index is 12.9. The van der Waals surface area contributed by atoms with E-state index in [0.717, 1.165) is 6.07 Å². The second-order valence-corrected chi connectivity index (χ2v) is 4.17. The third-order valence-corrected chi connectivity index (χ3v) is 2.72. The Morgan fingerprint density at radius 1 is 1.28 bits per heavy atom. The maximum absolute atomic E-state index is 12.9. The van der Waals surface area contributed by atoms with E-state index in [9.17, 15) is 9.18 Å². The second kappa shape index (κ2) is 5.90. The quantitative estimate of drug-likeness (QED) is 0.577. The zero-order chi connectivity index (χ0) is 13.8. The van der Waals surface area contributed by atoms with Gasteiger partial charge in [0.15, 0.2) is 0 Å². The minimum atomic E-state index is -1.49. The molecule has 0 saturated heterocycles. The standard InChI is InChI=1S/C12H16FNO4/c1-8-4-9(13)2-3-10(8)11(18)14-12(5-15,6-16)7-17/h2-4,15-17H,5-7H2,1H3,(H,14,18). The van der Waals surface area contributed by atoms with Gasteiger partial charge in [0.05, 0.1) is 19.8 Å². The van der Waals surface area contributed by atoms with Crippen molar-refractivity contribution >= 4 is 5.91 Å². The summed E-state index contributed by atoms with van der Waals surface area (Å²) in [6.45, 7) is -0.250. The fourth-order valence-electron chi connectivity index (χ4n) is 1.46. The predicted octanol–water partition coefficient (Wildman–Crippen LogP) is -0.420. The van der Waals surface area contributed by atoms with Gasteiger partial charge in [-0.05, 0) is 30.7 Å². The Kier molecular flexibility index (Phi) is 4.77. The van der Waals surface area contributed by atoms with Crippen LogP contribution in [0.15, 0.2) is 18.2 Å². The monoisotopic (exact) mass is 257 g/mol. The fraction of sp³-hybridized carbons (Fsp3) is 0.417. The Morgan fingerprint density at radius 3 is 2.28 bits per heavy atom. The first kappa shape index (κ1) is 14.6. The molecular formula is C12H16FNO4. The molecular weight excluding hydrogens is 241 g/mol. The smallest absolute Gasteiger partial charge is 0.252 e. The van der Waals surface area contributed by atoms with Crippen LogP contribution in [0.3, 0.4) is 0 Å². The summed E-state index contributed by atoms with van der Waals surface area (Å²) < 4.78 is 12.9. The van der Waals surface area contributed by atoms with Gasteiger partial charge in [0, 0.05) is 5.56 Å². The average molecular weight is 257 g/mol. The summed E-state index contributed by atoms with van der Waals surface area (Å²) in [4.78, 5) is 11.9. The number of aryl methyl sites for hydroxylation is 1. The zero-order valence-electron chi connectivity index (χ0n) is 9.98. The van der Waals surface area contributed by atoms with Crippen molar-refractivity contribution in [3.8, 4) is 0 Å². The van der Waals surface area contributed by atoms with Crippen molar-refractivity contribution in [2.24, 2.45) is 0 Å². The number of aliphatic hydroxyl groups is 3. The lowest BCUT2D eigenvalue weighted by molar-refractivity contribution is 0.0375. The average Bonchev–Trinajstić information content (AvgIpc) is 2.36. The first-order valence-electron chi connectivity index (χ1n) is 5.39. The Bertz CT molecular complexity index is 424. The Morgan fingerprint density at radius 2 is 1.83 bits per heavy atom. The highest BCUT2D eigenvalue weighted by atomic mass is 19.1. The molecule has 18 heavy (non-hydrogen) atoms. The molecule has 0 saturated carbocycles. The lowest BCUT2D eigenvalue weighted by Gasteiger charge is -2.28. The molecule has 0 aromatic heterocycles. The summed E-state index contributed by atoms with van der Waals surface area (Å²) in [6, 6.07) is 3.64. The van der Waals surface area contributed by atoms with Crippen LogP contribution in [-0.4, -0.2) is 46.6 Å². The van der Waals surface area contributed by atoms with Gasteiger partial charge in [0.25, 0.3) is 5.91 Å². The van der Waals surface area contributed by atoms with Crippen molar-refractivity contribution in [2.45, 2.75) is 12.5 Å². The first-order valence-corrected chi connectivity index (χ1v) is 5.39. The molecule has 0 aliphatic carbocycles. The molecule has 6 heteroatoms. The number of nitrogens with one attached hydrogen (secondary N) is 1. The summed E-state index contributed by atoms with van der Waals surface area (Å²) >= 11 is 0. The third-order valence-electron chi connectivity index (χ3n) is 2.72. The molecule has 1 amide bonds. The molecule has 1 rings (SSSR count). The van der Waals surface area contributed by atoms with Crippen LogP contribution in [0.1, 0.15) is 15.9 Å². The zero-order valence-corrected chi connectivity index (χ0v) is 9.98. The van der Waals surface area contributed by atoms with Crippen LogP contribution < -0.4 is 5.32 Å². The van der Waals surface area contributed by atoms with Crippen molar-refractivity contribution in [3.05, 3.63) is 35.1 Å². The van der Waals surface area contributed by atoms with Crippen LogP contribution in [0, 0.1) is 12.7 Å². The number of carbonyl (C=O) groups excluding carboxylic acids is 1. The third kappa shape index (κ3) is 3.04. The van der Waals surface area contributed by atoms with E-state index in [1.807, 2.05) is 0 Å². The van der Waals surface area contributed by atoms with Crippen LogP contribution in [-0.2, 0) is 0 Å². The van der Waals surface area contributed by atoms with Gasteiger partial charge in [-0.15, -0.1) is 0 Å². The minimum absolute atomic E-state index is 0.219. The van der Waals surface area contributed by atoms with E-state index in [1.54, 1.807) is 6.92 Å². The van der Waals surface area contributed by atoms with Gasteiger partial charge in [-0.1, -0.05) is 0 Å². The van der Waals surface area contributed by atoms with Crippen molar-refractivity contribution in [1.29, 1.82) is 0 Å². The summed E-state index contributed by atoms with van der Waals surface area (Å²) in [5.74, 6) is -1.05. The van der Waals surface area contributed by atoms with Gasteiger partial charge >= 0.3 is 0 Å². The lowest BCUT2D eigenvalue weighted by atomic mass is 10.0. The van der Waals surface area contributed by atoms with Crippen LogP contribution >= 0.6 is 0 Å². The van der Waals surface area contributed by atoms with E-state index in [4.69, 9.17) is 15.3 Å². The number of halogens is 1. The van der Waals surface area contributed by atoms with Gasteiger partial charge in [-0.3, -0.25) is 4.79 Å². The predicted molar refractivity (Wildman–Crippen MR) is 62.6 cm³/mol. The van der Waals surface area contributed by atoms with Crippen molar-refractivity contribution in [2.75, 3.05) is 19.8 Å². The Labute approximate surface area is 104 Å². The molecule has 0 spiro atoms. The number of aliphatic hydroxyl groups excluding tert-OH is 3. The van der Waals surface area contributed by atoms with Gasteiger partial charge in [0.2, 0.25) is 0 Å². The molecule has 0 aliphatic heterocycles. The number of amides is 1. The van der Waals surface area contributed by atoms with Crippen LogP contribution in [0.4, 0.5) is 4.39 Å². The van der Waals surface area contributed by atoms with E-state index in [-0.39, 0.29) is 5.56 Å². The van der Waals surface area contributed by atoms with Crippen molar-refractivity contribution in [1.82, 2.24) is 5.32 Å². The van der Waals surface area contributed by atoms with Gasteiger partial charge in [0.1, 0.15) is 11.4 Å². The molecule has 1 aromatic carbocycles. The normalized spacial score (nSPS) is 11.4. The van der Waals surface area contributed by atoms with Crippen LogP contribution in [0.5, 0.6) is 0 Å². The number of hydrogen-bond acceptors (Lipinski definition) is 4. The molecule has 0 radical (unpaired) electrons. The number of benzene rings is 1. The summed E-state index contributed by atoms with van der Waals surface area (Å²) in [5, 5.41) is 29.6. The molecule has 0 bridgehead atoms. The summed E-state index contributed by atoms with van der Waals surface area (Å²) in [5.41, 5.74) is -0.843. The van der Waals surface area contributed by atoms with E-state index >= 15 is 0 Å². The summed E-state index contributed by atoms with van der Waals surface area (Å²) in [7, 11) is 0. The highest BCUT2D eigenvalue weighted by Crippen LogP contribution is 2.12. The maximum Gasteiger partial charge on any atom is 0.252 e. The molecule has 1 aromatic rings. The highest BCUT2D eigenvalue weighted by Gasteiger charge is 2.30. The largest absolute Gasteiger partial charge is 0.394 e. The topological polar surface area (TPSA) is 89.8 Å². The second-order valence-electron chi connectivity index (χ2n) is 4.17.